The average molecular weight is 549 g/mol. The van der Waals surface area contributed by atoms with E-state index < -0.39 is 0 Å². The van der Waals surface area contributed by atoms with E-state index in [1.54, 1.807) is 26.6 Å². The fourth-order valence-corrected chi connectivity index (χ4v) is 5.16. The third kappa shape index (κ3) is 6.41. The van der Waals surface area contributed by atoms with Gasteiger partial charge in [0.2, 0.25) is 5.95 Å². The molecule has 40 heavy (non-hydrogen) atoms. The Labute approximate surface area is 237 Å². The summed E-state index contributed by atoms with van der Waals surface area (Å²) in [6.45, 7) is 9.47. The molecule has 0 fully saturated rings. The number of ether oxygens (including phenoxy) is 4. The molecule has 0 bridgehead atoms. The highest BCUT2D eigenvalue weighted by molar-refractivity contribution is 5.90. The van der Waals surface area contributed by atoms with Crippen LogP contribution in [-0.2, 0) is 11.3 Å². The summed E-state index contributed by atoms with van der Waals surface area (Å²) in [6.07, 6.45) is 5.48. The largest absolute Gasteiger partial charge is 0.497 e. The van der Waals surface area contributed by atoms with Gasteiger partial charge in [0.1, 0.15) is 11.5 Å². The van der Waals surface area contributed by atoms with Crippen LogP contribution in [0.4, 0.5) is 16.4 Å². The summed E-state index contributed by atoms with van der Waals surface area (Å²) >= 11 is 0. The lowest BCUT2D eigenvalue weighted by atomic mass is 9.88. The molecule has 1 aromatic heterocycles. The van der Waals surface area contributed by atoms with Gasteiger partial charge in [-0.3, -0.25) is 4.90 Å². The van der Waals surface area contributed by atoms with E-state index in [1.165, 1.54) is 0 Å². The lowest BCUT2D eigenvalue weighted by Gasteiger charge is -2.44. The number of hydrogen-bond donors (Lipinski definition) is 0. The maximum Gasteiger partial charge on any atom is 0.414 e. The third-order valence-corrected chi connectivity index (χ3v) is 7.08. The number of hydrogen-bond acceptors (Lipinski definition) is 8. The van der Waals surface area contributed by atoms with Gasteiger partial charge in [-0.15, -0.1) is 0 Å². The average Bonchev–Trinajstić information content (AvgIpc) is 2.98. The number of aryl methyl sites for hydroxylation is 1. The third-order valence-electron chi connectivity index (χ3n) is 7.08. The van der Waals surface area contributed by atoms with Gasteiger partial charge in [-0.05, 0) is 62.4 Å². The fraction of sp³-hybridized carbons (Fsp3) is 0.452. The predicted molar refractivity (Wildman–Crippen MR) is 156 cm³/mol. The van der Waals surface area contributed by atoms with Gasteiger partial charge in [-0.25, -0.2) is 14.8 Å². The molecule has 4 rings (SSSR count). The number of fused-ring (bicyclic) bond motifs is 1. The number of amides is 1. The minimum Gasteiger partial charge on any atom is -0.497 e. The summed E-state index contributed by atoms with van der Waals surface area (Å²) in [5.41, 5.74) is 3.97. The fourth-order valence-electron chi connectivity index (χ4n) is 5.16. The second kappa shape index (κ2) is 13.4. The number of anilines is 2. The molecule has 9 heteroatoms. The summed E-state index contributed by atoms with van der Waals surface area (Å²) in [5, 5.41) is 0. The van der Waals surface area contributed by atoms with Crippen molar-refractivity contribution in [3.05, 3.63) is 65.5 Å². The quantitative estimate of drug-likeness (QED) is 0.269. The summed E-state index contributed by atoms with van der Waals surface area (Å²) in [5.74, 6) is 2.62. The van der Waals surface area contributed by atoms with E-state index in [0.717, 1.165) is 35.2 Å². The van der Waals surface area contributed by atoms with E-state index in [2.05, 4.69) is 31.7 Å². The van der Waals surface area contributed by atoms with E-state index in [0.29, 0.717) is 49.4 Å². The highest BCUT2D eigenvalue weighted by Crippen LogP contribution is 2.44. The first-order valence-electron chi connectivity index (χ1n) is 13.9. The molecular formula is C31H40N4O5. The Morgan fingerprint density at radius 2 is 1.70 bits per heavy atom. The standard InChI is InChI=1S/C31H40N4O5/c1-7-12-40-26-18-32-30(33-19-26)34(20-22-14-24(37-5)17-25(15-22)38-6)29-16-23(8-2)35(31(36)39-9-3)28-11-10-21(4)13-27(28)29/h10-11,13-15,17-19,23,29H,7-9,12,16,20H2,1-6H3/t23-,29+/m1/s1. The molecule has 214 valence electrons. The lowest BCUT2D eigenvalue weighted by molar-refractivity contribution is 0.155. The Morgan fingerprint density at radius 3 is 2.30 bits per heavy atom. The molecular weight excluding hydrogens is 508 g/mol. The second-order valence-electron chi connectivity index (χ2n) is 9.86. The van der Waals surface area contributed by atoms with Gasteiger partial charge in [-0.1, -0.05) is 31.5 Å². The number of methoxy groups -OCH3 is 2. The minimum atomic E-state index is -0.323. The van der Waals surface area contributed by atoms with E-state index in [-0.39, 0.29) is 18.2 Å². The van der Waals surface area contributed by atoms with Crippen LogP contribution in [0.15, 0.2) is 48.8 Å². The number of carbonyl (C=O) groups excluding carboxylic acids is 1. The van der Waals surface area contributed by atoms with E-state index in [9.17, 15) is 4.79 Å². The van der Waals surface area contributed by atoms with Crippen molar-refractivity contribution in [2.75, 3.05) is 37.2 Å². The van der Waals surface area contributed by atoms with E-state index in [4.69, 9.17) is 28.9 Å². The number of benzene rings is 2. The minimum absolute atomic E-state index is 0.0613. The van der Waals surface area contributed by atoms with Crippen LogP contribution in [0.3, 0.4) is 0 Å². The van der Waals surface area contributed by atoms with Crippen LogP contribution < -0.4 is 24.0 Å². The van der Waals surface area contributed by atoms with Crippen molar-refractivity contribution < 1.29 is 23.7 Å². The maximum absolute atomic E-state index is 13.1. The maximum atomic E-state index is 13.1. The van der Waals surface area contributed by atoms with Crippen molar-refractivity contribution in [2.45, 2.75) is 65.6 Å². The number of nitrogens with zero attached hydrogens (tertiary/aromatic N) is 4. The number of aromatic nitrogens is 2. The Morgan fingerprint density at radius 1 is 1.00 bits per heavy atom. The number of carbonyl (C=O) groups is 1. The highest BCUT2D eigenvalue weighted by atomic mass is 16.6. The van der Waals surface area contributed by atoms with Gasteiger partial charge in [0, 0.05) is 18.7 Å². The topological polar surface area (TPSA) is 86.3 Å². The zero-order chi connectivity index (χ0) is 28.6. The summed E-state index contributed by atoms with van der Waals surface area (Å²) in [4.78, 5) is 26.6. The van der Waals surface area contributed by atoms with Crippen LogP contribution in [0.2, 0.25) is 0 Å². The Kier molecular flexibility index (Phi) is 9.69. The Bertz CT molecular complexity index is 1260. The van der Waals surface area contributed by atoms with Gasteiger partial charge in [0.15, 0.2) is 5.75 Å². The molecule has 0 spiro atoms. The molecule has 0 N–H and O–H groups in total. The summed E-state index contributed by atoms with van der Waals surface area (Å²) in [6, 6.07) is 11.9. The van der Waals surface area contributed by atoms with Crippen LogP contribution in [-0.4, -0.2) is 49.5 Å². The molecule has 1 aliphatic rings. The Balaban J connectivity index is 1.83. The molecule has 1 amide bonds. The molecule has 2 aromatic carbocycles. The molecule has 0 radical (unpaired) electrons. The van der Waals surface area contributed by atoms with Gasteiger partial charge < -0.3 is 23.8 Å². The van der Waals surface area contributed by atoms with Crippen molar-refractivity contribution in [2.24, 2.45) is 0 Å². The molecule has 0 saturated heterocycles. The normalized spacial score (nSPS) is 16.2. The van der Waals surface area contributed by atoms with Crippen molar-refractivity contribution in [3.63, 3.8) is 0 Å². The molecule has 1 aliphatic heterocycles. The van der Waals surface area contributed by atoms with Gasteiger partial charge in [0.25, 0.3) is 0 Å². The molecule has 0 saturated carbocycles. The van der Waals surface area contributed by atoms with Gasteiger partial charge in [-0.2, -0.15) is 0 Å². The lowest BCUT2D eigenvalue weighted by Crippen LogP contribution is -2.48. The van der Waals surface area contributed by atoms with Crippen LogP contribution >= 0.6 is 0 Å². The van der Waals surface area contributed by atoms with Crippen molar-refractivity contribution in [1.29, 1.82) is 0 Å². The van der Waals surface area contributed by atoms with Gasteiger partial charge >= 0.3 is 6.09 Å². The predicted octanol–water partition coefficient (Wildman–Crippen LogP) is 6.48. The van der Waals surface area contributed by atoms with Crippen LogP contribution in [0.25, 0.3) is 0 Å². The molecule has 0 unspecified atom stereocenters. The van der Waals surface area contributed by atoms with E-state index >= 15 is 0 Å². The zero-order valence-corrected chi connectivity index (χ0v) is 24.3. The molecule has 9 nitrogen and oxygen atoms in total. The van der Waals surface area contributed by atoms with Gasteiger partial charge in [0.05, 0.1) is 51.6 Å². The smallest absolute Gasteiger partial charge is 0.414 e. The Hall–Kier alpha value is -4.01. The summed E-state index contributed by atoms with van der Waals surface area (Å²) < 4.78 is 22.3. The molecule has 2 atom stereocenters. The van der Waals surface area contributed by atoms with Crippen LogP contribution in [0, 0.1) is 6.92 Å². The van der Waals surface area contributed by atoms with E-state index in [1.807, 2.05) is 42.2 Å². The van der Waals surface area contributed by atoms with Crippen molar-refractivity contribution in [1.82, 2.24) is 9.97 Å². The molecule has 3 aromatic rings. The van der Waals surface area contributed by atoms with Crippen LogP contribution in [0.1, 0.15) is 62.8 Å². The number of rotatable bonds is 11. The highest BCUT2D eigenvalue weighted by Gasteiger charge is 2.39. The first-order chi connectivity index (χ1) is 19.4. The SMILES string of the molecule is CCCOc1cnc(N(Cc2cc(OC)cc(OC)c2)[C@H]2C[C@@H](CC)N(C(=O)OCC)c3ccc(C)cc32)nc1. The van der Waals surface area contributed by atoms with Crippen molar-refractivity contribution >= 4 is 17.7 Å². The zero-order valence-electron chi connectivity index (χ0n) is 24.3. The van der Waals surface area contributed by atoms with Crippen LogP contribution in [0.5, 0.6) is 17.2 Å². The molecule has 2 heterocycles. The van der Waals surface area contributed by atoms with Crippen molar-refractivity contribution in [3.8, 4) is 17.2 Å². The first kappa shape index (κ1) is 29.0. The summed E-state index contributed by atoms with van der Waals surface area (Å²) in [7, 11) is 3.29. The molecule has 0 aliphatic carbocycles. The monoisotopic (exact) mass is 548 g/mol. The first-order valence-corrected chi connectivity index (χ1v) is 13.9. The second-order valence-corrected chi connectivity index (χ2v) is 9.86.